The maximum atomic E-state index is 5.71. The SMILES string of the molecule is NCc1cc(Br)cc(-n2cc(-c3ccccc3)cn2)c1. The van der Waals surface area contributed by atoms with Crippen molar-refractivity contribution in [1.82, 2.24) is 9.78 Å². The van der Waals surface area contributed by atoms with Gasteiger partial charge in [-0.2, -0.15) is 5.10 Å². The van der Waals surface area contributed by atoms with E-state index in [2.05, 4.69) is 33.2 Å². The second-order valence-corrected chi connectivity index (χ2v) is 5.48. The predicted octanol–water partition coefficient (Wildman–Crippen LogP) is 3.76. The van der Waals surface area contributed by atoms with Crippen molar-refractivity contribution in [2.75, 3.05) is 0 Å². The van der Waals surface area contributed by atoms with Gasteiger partial charge in [0.25, 0.3) is 0 Å². The van der Waals surface area contributed by atoms with Crippen LogP contribution in [0.3, 0.4) is 0 Å². The monoisotopic (exact) mass is 327 g/mol. The van der Waals surface area contributed by atoms with Crippen molar-refractivity contribution in [2.45, 2.75) is 6.54 Å². The van der Waals surface area contributed by atoms with Crippen molar-refractivity contribution in [3.05, 3.63) is 71.0 Å². The van der Waals surface area contributed by atoms with E-state index >= 15 is 0 Å². The van der Waals surface area contributed by atoms with Crippen LogP contribution in [0.15, 0.2) is 65.4 Å². The topological polar surface area (TPSA) is 43.8 Å². The molecule has 0 bridgehead atoms. The molecular weight excluding hydrogens is 314 g/mol. The minimum Gasteiger partial charge on any atom is -0.326 e. The predicted molar refractivity (Wildman–Crippen MR) is 84.6 cm³/mol. The summed E-state index contributed by atoms with van der Waals surface area (Å²) in [6.07, 6.45) is 3.90. The van der Waals surface area contributed by atoms with E-state index in [-0.39, 0.29) is 0 Å². The molecule has 0 saturated carbocycles. The van der Waals surface area contributed by atoms with E-state index in [4.69, 9.17) is 5.73 Å². The molecule has 3 nitrogen and oxygen atoms in total. The second-order valence-electron chi connectivity index (χ2n) is 4.56. The fourth-order valence-electron chi connectivity index (χ4n) is 2.13. The molecular formula is C16H14BrN3. The Hall–Kier alpha value is -1.91. The summed E-state index contributed by atoms with van der Waals surface area (Å²) >= 11 is 3.51. The molecule has 0 radical (unpaired) electrons. The number of hydrogen-bond donors (Lipinski definition) is 1. The number of nitrogens with zero attached hydrogens (tertiary/aromatic N) is 2. The third kappa shape index (κ3) is 2.66. The highest BCUT2D eigenvalue weighted by Gasteiger charge is 2.05. The van der Waals surface area contributed by atoms with E-state index in [9.17, 15) is 0 Å². The summed E-state index contributed by atoms with van der Waals surface area (Å²) in [7, 11) is 0. The van der Waals surface area contributed by atoms with Crippen molar-refractivity contribution >= 4 is 15.9 Å². The van der Waals surface area contributed by atoms with Crippen molar-refractivity contribution < 1.29 is 0 Å². The molecule has 0 saturated heterocycles. The molecule has 2 N–H and O–H groups in total. The van der Waals surface area contributed by atoms with E-state index < -0.39 is 0 Å². The van der Waals surface area contributed by atoms with Crippen LogP contribution in [0.4, 0.5) is 0 Å². The number of benzene rings is 2. The molecule has 0 aliphatic heterocycles. The van der Waals surface area contributed by atoms with Gasteiger partial charge in [0.2, 0.25) is 0 Å². The quantitative estimate of drug-likeness (QED) is 0.795. The maximum absolute atomic E-state index is 5.71. The molecule has 4 heteroatoms. The molecule has 3 aromatic rings. The zero-order chi connectivity index (χ0) is 13.9. The van der Waals surface area contributed by atoms with Gasteiger partial charge in [0.05, 0.1) is 11.9 Å². The Labute approximate surface area is 126 Å². The maximum Gasteiger partial charge on any atom is 0.0660 e. The molecule has 0 fully saturated rings. The minimum absolute atomic E-state index is 0.513. The summed E-state index contributed by atoms with van der Waals surface area (Å²) < 4.78 is 2.87. The summed E-state index contributed by atoms with van der Waals surface area (Å²) in [5.41, 5.74) is 10.0. The molecule has 100 valence electrons. The molecule has 0 atom stereocenters. The van der Waals surface area contributed by atoms with E-state index in [0.717, 1.165) is 26.9 Å². The molecule has 0 aliphatic carbocycles. The first kappa shape index (κ1) is 13.1. The Morgan fingerprint density at radius 3 is 2.60 bits per heavy atom. The Morgan fingerprint density at radius 2 is 1.85 bits per heavy atom. The summed E-state index contributed by atoms with van der Waals surface area (Å²) in [6, 6.07) is 16.3. The highest BCUT2D eigenvalue weighted by atomic mass is 79.9. The lowest BCUT2D eigenvalue weighted by molar-refractivity contribution is 0.875. The summed E-state index contributed by atoms with van der Waals surface area (Å²) in [5.74, 6) is 0. The average molecular weight is 328 g/mol. The van der Waals surface area contributed by atoms with Crippen LogP contribution >= 0.6 is 15.9 Å². The molecule has 0 aliphatic rings. The van der Waals surface area contributed by atoms with E-state index in [1.54, 1.807) is 0 Å². The van der Waals surface area contributed by atoms with Crippen molar-refractivity contribution in [2.24, 2.45) is 5.73 Å². The van der Waals surface area contributed by atoms with Gasteiger partial charge in [-0.15, -0.1) is 0 Å². The first-order valence-electron chi connectivity index (χ1n) is 6.36. The fourth-order valence-corrected chi connectivity index (χ4v) is 2.66. The third-order valence-electron chi connectivity index (χ3n) is 3.13. The normalized spacial score (nSPS) is 10.7. The first-order chi connectivity index (χ1) is 9.76. The summed E-state index contributed by atoms with van der Waals surface area (Å²) in [6.45, 7) is 0.513. The Kier molecular flexibility index (Phi) is 3.67. The third-order valence-corrected chi connectivity index (χ3v) is 3.59. The highest BCUT2D eigenvalue weighted by Crippen LogP contribution is 2.22. The molecule has 0 unspecified atom stereocenters. The van der Waals surface area contributed by atoms with E-state index in [1.165, 1.54) is 0 Å². The van der Waals surface area contributed by atoms with Crippen molar-refractivity contribution in [1.29, 1.82) is 0 Å². The Bertz CT molecular complexity index is 720. The summed E-state index contributed by atoms with van der Waals surface area (Å²) in [5, 5.41) is 4.43. The van der Waals surface area contributed by atoms with Gasteiger partial charge in [0, 0.05) is 22.8 Å². The largest absolute Gasteiger partial charge is 0.326 e. The lowest BCUT2D eigenvalue weighted by Gasteiger charge is -2.05. The van der Waals surface area contributed by atoms with E-state index in [1.807, 2.05) is 53.5 Å². The first-order valence-corrected chi connectivity index (χ1v) is 7.15. The van der Waals surface area contributed by atoms with Gasteiger partial charge in [-0.1, -0.05) is 46.3 Å². The zero-order valence-electron chi connectivity index (χ0n) is 10.8. The Morgan fingerprint density at radius 1 is 1.05 bits per heavy atom. The standard InChI is InChI=1S/C16H14BrN3/c17-15-6-12(9-18)7-16(8-15)20-11-14(10-19-20)13-4-2-1-3-5-13/h1-8,10-11H,9,18H2. The Balaban J connectivity index is 2.00. The van der Waals surface area contributed by atoms with Gasteiger partial charge in [0.1, 0.15) is 0 Å². The lowest BCUT2D eigenvalue weighted by Crippen LogP contribution is -2.00. The van der Waals surface area contributed by atoms with Crippen molar-refractivity contribution in [3.8, 4) is 16.8 Å². The highest BCUT2D eigenvalue weighted by molar-refractivity contribution is 9.10. The second kappa shape index (κ2) is 5.61. The van der Waals surface area contributed by atoms with Crippen molar-refractivity contribution in [3.63, 3.8) is 0 Å². The fraction of sp³-hybridized carbons (Fsp3) is 0.0625. The molecule has 1 heterocycles. The smallest absolute Gasteiger partial charge is 0.0660 e. The number of aromatic nitrogens is 2. The van der Waals surface area contributed by atoms with Gasteiger partial charge < -0.3 is 5.73 Å². The van der Waals surface area contributed by atoms with Crippen LogP contribution in [-0.4, -0.2) is 9.78 Å². The molecule has 0 spiro atoms. The van der Waals surface area contributed by atoms with Crippen LogP contribution in [0.1, 0.15) is 5.56 Å². The number of halogens is 1. The van der Waals surface area contributed by atoms with E-state index in [0.29, 0.717) is 6.54 Å². The number of hydrogen-bond acceptors (Lipinski definition) is 2. The minimum atomic E-state index is 0.513. The lowest BCUT2D eigenvalue weighted by atomic mass is 10.1. The van der Waals surface area contributed by atoms with Gasteiger partial charge in [-0.25, -0.2) is 4.68 Å². The van der Waals surface area contributed by atoms with Crippen LogP contribution < -0.4 is 5.73 Å². The van der Waals surface area contributed by atoms with Crippen LogP contribution in [-0.2, 0) is 6.54 Å². The van der Waals surface area contributed by atoms with Gasteiger partial charge in [-0.05, 0) is 29.3 Å². The van der Waals surface area contributed by atoms with Crippen LogP contribution in [0.2, 0.25) is 0 Å². The van der Waals surface area contributed by atoms with Crippen LogP contribution in [0.5, 0.6) is 0 Å². The average Bonchev–Trinajstić information content (AvgIpc) is 2.97. The number of nitrogens with two attached hydrogens (primary N) is 1. The number of rotatable bonds is 3. The summed E-state index contributed by atoms with van der Waals surface area (Å²) in [4.78, 5) is 0. The van der Waals surface area contributed by atoms with Gasteiger partial charge >= 0.3 is 0 Å². The van der Waals surface area contributed by atoms with Crippen LogP contribution in [0, 0.1) is 0 Å². The van der Waals surface area contributed by atoms with Gasteiger partial charge in [0.15, 0.2) is 0 Å². The zero-order valence-corrected chi connectivity index (χ0v) is 12.4. The molecule has 3 rings (SSSR count). The molecule has 0 amide bonds. The molecule has 2 aromatic carbocycles. The molecule has 20 heavy (non-hydrogen) atoms. The van der Waals surface area contributed by atoms with Crippen LogP contribution in [0.25, 0.3) is 16.8 Å². The molecule has 1 aromatic heterocycles. The van der Waals surface area contributed by atoms with Gasteiger partial charge in [-0.3, -0.25) is 0 Å².